The molecule has 0 aliphatic heterocycles. The fourth-order valence-electron chi connectivity index (χ4n) is 0.451. The Morgan fingerprint density at radius 3 is 2.56 bits per heavy atom. The van der Waals surface area contributed by atoms with E-state index in [1.54, 1.807) is 6.08 Å². The van der Waals surface area contributed by atoms with Crippen molar-refractivity contribution in [3.05, 3.63) is 24.3 Å². The maximum atomic E-state index is 9.72. The third-order valence-corrected chi connectivity index (χ3v) is 0.892. The largest absolute Gasteiger partial charge is 0.299 e. The number of allylic oxidation sites excluding steroid dienone is 4. The molecule has 1 heteroatoms. The molecule has 50 valence electrons. The molecule has 0 saturated carbocycles. The Labute approximate surface area is 56.1 Å². The standard InChI is InChI=1S/C8H12O/c1-2-3-4-5-6-7-8-9/h4-8H,2-3H2,1H3/b5-4+,7-6-. The normalized spacial score (nSPS) is 11.2. The van der Waals surface area contributed by atoms with Gasteiger partial charge in [-0.05, 0) is 12.5 Å². The van der Waals surface area contributed by atoms with Gasteiger partial charge in [0.2, 0.25) is 0 Å². The number of hydrogen-bond donors (Lipinski definition) is 0. The molecule has 0 amide bonds. The van der Waals surface area contributed by atoms with E-state index < -0.39 is 0 Å². The zero-order valence-corrected chi connectivity index (χ0v) is 5.71. The van der Waals surface area contributed by atoms with Crippen molar-refractivity contribution in [2.75, 3.05) is 0 Å². The Hall–Kier alpha value is -0.850. The van der Waals surface area contributed by atoms with E-state index in [-0.39, 0.29) is 0 Å². The van der Waals surface area contributed by atoms with Gasteiger partial charge < -0.3 is 0 Å². The van der Waals surface area contributed by atoms with Crippen LogP contribution in [0, 0.1) is 0 Å². The van der Waals surface area contributed by atoms with Crippen LogP contribution in [0.15, 0.2) is 24.3 Å². The zero-order valence-electron chi connectivity index (χ0n) is 5.71. The van der Waals surface area contributed by atoms with Crippen LogP contribution in [0.3, 0.4) is 0 Å². The molecule has 0 aliphatic rings. The number of unbranched alkanes of at least 4 members (excludes halogenated alkanes) is 1. The summed E-state index contributed by atoms with van der Waals surface area (Å²) in [5, 5.41) is 0. The summed E-state index contributed by atoms with van der Waals surface area (Å²) in [6.07, 6.45) is 10.2. The van der Waals surface area contributed by atoms with Crippen molar-refractivity contribution >= 4 is 6.29 Å². The van der Waals surface area contributed by atoms with Gasteiger partial charge in [0, 0.05) is 0 Å². The Kier molecular flexibility index (Phi) is 6.47. The molecule has 0 atom stereocenters. The minimum atomic E-state index is 0.774. The lowest BCUT2D eigenvalue weighted by molar-refractivity contribution is -0.104. The third kappa shape index (κ3) is 7.15. The smallest absolute Gasteiger partial charge is 0.142 e. The van der Waals surface area contributed by atoms with Gasteiger partial charge in [0.25, 0.3) is 0 Å². The van der Waals surface area contributed by atoms with E-state index in [1.807, 2.05) is 12.2 Å². The molecule has 0 aromatic heterocycles. The highest BCUT2D eigenvalue weighted by molar-refractivity contribution is 5.65. The van der Waals surface area contributed by atoms with E-state index in [4.69, 9.17) is 0 Å². The monoisotopic (exact) mass is 124 g/mol. The summed E-state index contributed by atoms with van der Waals surface area (Å²) in [6, 6.07) is 0. The van der Waals surface area contributed by atoms with Crippen molar-refractivity contribution in [3.63, 3.8) is 0 Å². The first kappa shape index (κ1) is 8.15. The highest BCUT2D eigenvalue weighted by Gasteiger charge is 1.68. The summed E-state index contributed by atoms with van der Waals surface area (Å²) in [5.74, 6) is 0. The van der Waals surface area contributed by atoms with E-state index in [0.29, 0.717) is 0 Å². The van der Waals surface area contributed by atoms with Gasteiger partial charge in [-0.2, -0.15) is 0 Å². The molecule has 0 aromatic rings. The van der Waals surface area contributed by atoms with E-state index in [0.717, 1.165) is 19.1 Å². The summed E-state index contributed by atoms with van der Waals surface area (Å²) in [6.45, 7) is 2.12. The van der Waals surface area contributed by atoms with Gasteiger partial charge in [0.1, 0.15) is 6.29 Å². The molecular formula is C8H12O. The van der Waals surface area contributed by atoms with Crippen LogP contribution in [0.2, 0.25) is 0 Å². The maximum absolute atomic E-state index is 9.72. The Morgan fingerprint density at radius 1 is 1.22 bits per heavy atom. The van der Waals surface area contributed by atoms with Gasteiger partial charge in [0.15, 0.2) is 0 Å². The highest BCUT2D eigenvalue weighted by atomic mass is 16.1. The van der Waals surface area contributed by atoms with Gasteiger partial charge in [-0.25, -0.2) is 0 Å². The SMILES string of the molecule is CCC/C=C/C=C\C=O. The summed E-state index contributed by atoms with van der Waals surface area (Å²) in [5.41, 5.74) is 0. The Bertz CT molecular complexity index is 112. The van der Waals surface area contributed by atoms with E-state index in [1.165, 1.54) is 6.08 Å². The summed E-state index contributed by atoms with van der Waals surface area (Å²) in [7, 11) is 0. The molecule has 0 aliphatic carbocycles. The van der Waals surface area contributed by atoms with Crippen LogP contribution in [0.1, 0.15) is 19.8 Å². The Morgan fingerprint density at radius 2 is 2.00 bits per heavy atom. The van der Waals surface area contributed by atoms with Crippen molar-refractivity contribution < 1.29 is 4.79 Å². The first-order chi connectivity index (χ1) is 4.41. The lowest BCUT2D eigenvalue weighted by atomic mass is 10.3. The van der Waals surface area contributed by atoms with Crippen LogP contribution in [0.25, 0.3) is 0 Å². The minimum absolute atomic E-state index is 0.774. The fraction of sp³-hybridized carbons (Fsp3) is 0.375. The predicted molar refractivity (Wildman–Crippen MR) is 39.3 cm³/mol. The van der Waals surface area contributed by atoms with Crippen LogP contribution >= 0.6 is 0 Å². The molecule has 0 saturated heterocycles. The number of aldehydes is 1. The number of hydrogen-bond acceptors (Lipinski definition) is 1. The molecule has 0 unspecified atom stereocenters. The molecule has 0 aromatic carbocycles. The molecule has 9 heavy (non-hydrogen) atoms. The lowest BCUT2D eigenvalue weighted by Crippen LogP contribution is -1.60. The topological polar surface area (TPSA) is 17.1 Å². The van der Waals surface area contributed by atoms with Gasteiger partial charge in [-0.1, -0.05) is 31.6 Å². The van der Waals surface area contributed by atoms with Crippen LogP contribution in [-0.2, 0) is 4.79 Å². The van der Waals surface area contributed by atoms with Crippen molar-refractivity contribution in [1.29, 1.82) is 0 Å². The van der Waals surface area contributed by atoms with Crippen LogP contribution in [0.5, 0.6) is 0 Å². The number of carbonyl (C=O) groups excluding carboxylic acids is 1. The predicted octanol–water partition coefficient (Wildman–Crippen LogP) is 2.10. The second kappa shape index (κ2) is 7.15. The fourth-order valence-corrected chi connectivity index (χ4v) is 0.451. The first-order valence-electron chi connectivity index (χ1n) is 3.18. The van der Waals surface area contributed by atoms with Gasteiger partial charge in [0.05, 0.1) is 0 Å². The highest BCUT2D eigenvalue weighted by Crippen LogP contribution is 1.87. The van der Waals surface area contributed by atoms with Gasteiger partial charge in [-0.3, -0.25) is 4.79 Å². The summed E-state index contributed by atoms with van der Waals surface area (Å²) >= 11 is 0. The van der Waals surface area contributed by atoms with Crippen LogP contribution in [0.4, 0.5) is 0 Å². The molecule has 0 radical (unpaired) electrons. The van der Waals surface area contributed by atoms with Gasteiger partial charge in [-0.15, -0.1) is 0 Å². The van der Waals surface area contributed by atoms with Gasteiger partial charge >= 0.3 is 0 Å². The minimum Gasteiger partial charge on any atom is -0.299 e. The second-order valence-corrected chi connectivity index (χ2v) is 1.74. The number of carbonyl (C=O) groups is 1. The van der Waals surface area contributed by atoms with Crippen molar-refractivity contribution in [2.24, 2.45) is 0 Å². The zero-order chi connectivity index (χ0) is 6.95. The molecule has 0 bridgehead atoms. The second-order valence-electron chi connectivity index (χ2n) is 1.74. The average Bonchev–Trinajstić information content (AvgIpc) is 1.89. The Balaban J connectivity index is 3.23. The quantitative estimate of drug-likeness (QED) is 0.318. The summed E-state index contributed by atoms with van der Waals surface area (Å²) in [4.78, 5) is 9.72. The van der Waals surface area contributed by atoms with Crippen LogP contribution in [-0.4, -0.2) is 6.29 Å². The number of rotatable bonds is 4. The molecule has 0 rings (SSSR count). The van der Waals surface area contributed by atoms with E-state index >= 15 is 0 Å². The molecule has 0 fully saturated rings. The van der Waals surface area contributed by atoms with E-state index in [9.17, 15) is 4.79 Å². The third-order valence-electron chi connectivity index (χ3n) is 0.892. The summed E-state index contributed by atoms with van der Waals surface area (Å²) < 4.78 is 0. The lowest BCUT2D eigenvalue weighted by Gasteiger charge is -1.78. The van der Waals surface area contributed by atoms with Crippen molar-refractivity contribution in [3.8, 4) is 0 Å². The van der Waals surface area contributed by atoms with Crippen molar-refractivity contribution in [1.82, 2.24) is 0 Å². The molecule has 1 nitrogen and oxygen atoms in total. The molecule has 0 heterocycles. The molecule has 0 spiro atoms. The van der Waals surface area contributed by atoms with Crippen LogP contribution < -0.4 is 0 Å². The van der Waals surface area contributed by atoms with Crippen molar-refractivity contribution in [2.45, 2.75) is 19.8 Å². The van der Waals surface area contributed by atoms with E-state index in [2.05, 4.69) is 6.92 Å². The molecular weight excluding hydrogens is 112 g/mol. The molecule has 0 N–H and O–H groups in total. The maximum Gasteiger partial charge on any atom is 0.142 e. The average molecular weight is 124 g/mol. The first-order valence-corrected chi connectivity index (χ1v) is 3.18.